The van der Waals surface area contributed by atoms with Crippen LogP contribution in [0.1, 0.15) is 23.7 Å². The van der Waals surface area contributed by atoms with E-state index in [-0.39, 0.29) is 12.1 Å². The van der Waals surface area contributed by atoms with Crippen LogP contribution in [-0.2, 0) is 9.59 Å². The highest BCUT2D eigenvalue weighted by Crippen LogP contribution is 2.15. The molecule has 110 valence electrons. The largest absolute Gasteiger partial charge is 0.334 e. The van der Waals surface area contributed by atoms with Gasteiger partial charge in [-0.1, -0.05) is 19.1 Å². The molecule has 4 amide bonds. The van der Waals surface area contributed by atoms with Gasteiger partial charge in [0.05, 0.1) is 12.1 Å². The number of halogens is 1. The summed E-state index contributed by atoms with van der Waals surface area (Å²) < 4.78 is 13.5. The Morgan fingerprint density at radius 3 is 2.33 bits per heavy atom. The minimum atomic E-state index is -1.06. The van der Waals surface area contributed by atoms with Crippen molar-refractivity contribution in [2.75, 3.05) is 13.1 Å². The molecule has 1 aromatic rings. The molecule has 0 bridgehead atoms. The van der Waals surface area contributed by atoms with E-state index in [9.17, 15) is 23.6 Å². The topological polar surface area (TPSA) is 74.8 Å². The van der Waals surface area contributed by atoms with Gasteiger partial charge < -0.3 is 0 Å². The minimum absolute atomic E-state index is 0.105. The zero-order valence-electron chi connectivity index (χ0n) is 11.3. The number of hydrogen-bond donors (Lipinski definition) is 0. The van der Waals surface area contributed by atoms with Crippen LogP contribution in [0, 0.1) is 5.82 Å². The molecule has 0 unspecified atom stereocenters. The van der Waals surface area contributed by atoms with Crippen LogP contribution in [0.5, 0.6) is 0 Å². The Kier molecular flexibility index (Phi) is 4.11. The summed E-state index contributed by atoms with van der Waals surface area (Å²) in [6.07, 6.45) is 0.500. The van der Waals surface area contributed by atoms with Crippen molar-refractivity contribution in [2.24, 2.45) is 0 Å². The first-order chi connectivity index (χ1) is 9.97. The Morgan fingerprint density at radius 1 is 1.10 bits per heavy atom. The molecular weight excluding hydrogens is 279 g/mol. The molecule has 0 N–H and O–H groups in total. The summed E-state index contributed by atoms with van der Waals surface area (Å²) >= 11 is 0. The number of benzene rings is 1. The number of ketones is 1. The van der Waals surface area contributed by atoms with E-state index >= 15 is 0 Å². The van der Waals surface area contributed by atoms with Crippen LogP contribution in [0.25, 0.3) is 0 Å². The quantitative estimate of drug-likeness (QED) is 0.464. The number of urea groups is 1. The lowest BCUT2D eigenvalue weighted by Crippen LogP contribution is -2.37. The van der Waals surface area contributed by atoms with Crippen molar-refractivity contribution in [2.45, 2.75) is 13.3 Å². The first kappa shape index (κ1) is 14.8. The van der Waals surface area contributed by atoms with Gasteiger partial charge in [-0.2, -0.15) is 0 Å². The van der Waals surface area contributed by atoms with Crippen molar-refractivity contribution < 1.29 is 23.6 Å². The molecule has 6 nitrogen and oxygen atoms in total. The highest BCUT2D eigenvalue weighted by atomic mass is 19.1. The van der Waals surface area contributed by atoms with Crippen LogP contribution in [0.4, 0.5) is 9.18 Å². The number of nitrogens with zero attached hydrogens (tertiary/aromatic N) is 2. The summed E-state index contributed by atoms with van der Waals surface area (Å²) in [4.78, 5) is 48.6. The molecule has 0 spiro atoms. The molecule has 1 fully saturated rings. The second kappa shape index (κ2) is 5.82. The summed E-state index contributed by atoms with van der Waals surface area (Å²) in [7, 11) is 0. The Labute approximate surface area is 120 Å². The lowest BCUT2D eigenvalue weighted by Gasteiger charge is -2.14. The summed E-state index contributed by atoms with van der Waals surface area (Å²) in [5.41, 5.74) is -0.223. The number of Topliss-reactive ketones (excluding diaryl/α,β-unsaturated/α-hetero) is 1. The van der Waals surface area contributed by atoms with Gasteiger partial charge in [-0.15, -0.1) is 0 Å². The Morgan fingerprint density at radius 2 is 1.71 bits per heavy atom. The van der Waals surface area contributed by atoms with Gasteiger partial charge >= 0.3 is 17.8 Å². The molecule has 0 atom stereocenters. The highest BCUT2D eigenvalue weighted by Gasteiger charge is 2.44. The summed E-state index contributed by atoms with van der Waals surface area (Å²) in [6, 6.07) is 4.42. The average molecular weight is 292 g/mol. The molecule has 2 rings (SSSR count). The molecule has 1 aromatic carbocycles. The van der Waals surface area contributed by atoms with Crippen LogP contribution in [0.3, 0.4) is 0 Å². The number of amides is 4. The van der Waals surface area contributed by atoms with E-state index in [1.54, 1.807) is 6.92 Å². The molecule has 0 radical (unpaired) electrons. The molecule has 1 heterocycles. The van der Waals surface area contributed by atoms with Crippen molar-refractivity contribution in [1.82, 2.24) is 9.80 Å². The fraction of sp³-hybridized carbons (Fsp3) is 0.286. The third kappa shape index (κ3) is 2.67. The Hall–Kier alpha value is -2.57. The smallest absolute Gasteiger partial charge is 0.292 e. The van der Waals surface area contributed by atoms with Crippen molar-refractivity contribution in [3.63, 3.8) is 0 Å². The van der Waals surface area contributed by atoms with Gasteiger partial charge in [0, 0.05) is 6.54 Å². The summed E-state index contributed by atoms with van der Waals surface area (Å²) in [6.45, 7) is 1.20. The first-order valence-electron chi connectivity index (χ1n) is 6.42. The van der Waals surface area contributed by atoms with Gasteiger partial charge in [-0.25, -0.2) is 14.1 Å². The van der Waals surface area contributed by atoms with Crippen molar-refractivity contribution in [3.05, 3.63) is 35.6 Å². The van der Waals surface area contributed by atoms with Crippen LogP contribution in [0.15, 0.2) is 24.3 Å². The highest BCUT2D eigenvalue weighted by molar-refractivity contribution is 6.45. The predicted octanol–water partition coefficient (Wildman–Crippen LogP) is 1.21. The average Bonchev–Trinajstić information content (AvgIpc) is 2.66. The van der Waals surface area contributed by atoms with Gasteiger partial charge in [0.15, 0.2) is 5.78 Å². The van der Waals surface area contributed by atoms with E-state index in [0.29, 0.717) is 11.3 Å². The Balaban J connectivity index is 2.18. The van der Waals surface area contributed by atoms with Gasteiger partial charge in [0.2, 0.25) is 0 Å². The molecule has 1 aliphatic rings. The second-order valence-electron chi connectivity index (χ2n) is 4.53. The standard InChI is InChI=1S/C14H13FN2O4/c1-2-7-16-12(19)13(20)17(14(16)21)8-11(18)9-5-3-4-6-10(9)15/h3-6H,2,7-8H2,1H3. The molecule has 1 saturated heterocycles. The van der Waals surface area contributed by atoms with E-state index in [0.717, 1.165) is 11.0 Å². The van der Waals surface area contributed by atoms with Crippen molar-refractivity contribution >= 4 is 23.6 Å². The summed E-state index contributed by atoms with van der Waals surface area (Å²) in [5, 5.41) is 0. The molecule has 0 aromatic heterocycles. The zero-order valence-corrected chi connectivity index (χ0v) is 11.3. The van der Waals surface area contributed by atoms with Crippen LogP contribution >= 0.6 is 0 Å². The third-order valence-electron chi connectivity index (χ3n) is 3.06. The number of carbonyl (C=O) groups is 4. The van der Waals surface area contributed by atoms with E-state index in [1.807, 2.05) is 0 Å². The molecule has 7 heteroatoms. The molecule has 21 heavy (non-hydrogen) atoms. The van der Waals surface area contributed by atoms with E-state index in [1.165, 1.54) is 18.2 Å². The maximum Gasteiger partial charge on any atom is 0.334 e. The van der Waals surface area contributed by atoms with Gasteiger partial charge in [0.25, 0.3) is 0 Å². The maximum atomic E-state index is 13.5. The molecular formula is C14H13FN2O4. The van der Waals surface area contributed by atoms with E-state index in [2.05, 4.69) is 0 Å². The van der Waals surface area contributed by atoms with E-state index < -0.39 is 36.0 Å². The predicted molar refractivity (Wildman–Crippen MR) is 69.8 cm³/mol. The van der Waals surface area contributed by atoms with Crippen LogP contribution in [0.2, 0.25) is 0 Å². The molecule has 0 aliphatic carbocycles. The van der Waals surface area contributed by atoms with Crippen LogP contribution < -0.4 is 0 Å². The SMILES string of the molecule is CCCN1C(=O)C(=O)N(CC(=O)c2ccccc2F)C1=O. The number of hydrogen-bond acceptors (Lipinski definition) is 4. The zero-order chi connectivity index (χ0) is 15.6. The fourth-order valence-electron chi connectivity index (χ4n) is 2.03. The van der Waals surface area contributed by atoms with E-state index in [4.69, 9.17) is 0 Å². The Bertz CT molecular complexity index is 629. The monoisotopic (exact) mass is 292 g/mol. The van der Waals surface area contributed by atoms with Gasteiger partial charge in [-0.3, -0.25) is 19.3 Å². The number of carbonyl (C=O) groups excluding carboxylic acids is 4. The van der Waals surface area contributed by atoms with Gasteiger partial charge in [0.1, 0.15) is 5.82 Å². The summed E-state index contributed by atoms with van der Waals surface area (Å²) in [5.74, 6) is -3.49. The number of imide groups is 2. The molecule has 0 saturated carbocycles. The maximum absolute atomic E-state index is 13.5. The number of rotatable bonds is 5. The fourth-order valence-corrected chi connectivity index (χ4v) is 2.03. The second-order valence-corrected chi connectivity index (χ2v) is 4.53. The van der Waals surface area contributed by atoms with Crippen molar-refractivity contribution in [1.29, 1.82) is 0 Å². The third-order valence-corrected chi connectivity index (χ3v) is 3.06. The van der Waals surface area contributed by atoms with Crippen molar-refractivity contribution in [3.8, 4) is 0 Å². The lowest BCUT2D eigenvalue weighted by atomic mass is 10.1. The normalized spacial score (nSPS) is 15.0. The molecule has 1 aliphatic heterocycles. The van der Waals surface area contributed by atoms with Gasteiger partial charge in [-0.05, 0) is 18.6 Å². The minimum Gasteiger partial charge on any atom is -0.292 e. The van der Waals surface area contributed by atoms with Crippen LogP contribution in [-0.4, -0.2) is 46.5 Å². The first-order valence-corrected chi connectivity index (χ1v) is 6.42. The lowest BCUT2D eigenvalue weighted by molar-refractivity contribution is -0.143.